The number of rotatable bonds is 5. The molecule has 9 rings (SSSR count). The summed E-state index contributed by atoms with van der Waals surface area (Å²) in [5.74, 6) is -0.191. The number of pyridine rings is 3. The van der Waals surface area contributed by atoms with E-state index in [0.717, 1.165) is 92.9 Å². The Hall–Kier alpha value is -4.21. The molecule has 0 aliphatic carbocycles. The first-order valence-electron chi connectivity index (χ1n) is 20.8. The monoisotopic (exact) mass is 918 g/mol. The molecule has 0 amide bonds. The third-order valence-corrected chi connectivity index (χ3v) is 13.1. The molecule has 0 aromatic carbocycles. The normalized spacial score (nSPS) is 23.4. The van der Waals surface area contributed by atoms with Gasteiger partial charge in [0.25, 0.3) is 0 Å². The fourth-order valence-corrected chi connectivity index (χ4v) is 9.82. The Morgan fingerprint density at radius 3 is 1.69 bits per heavy atom. The maximum absolute atomic E-state index is 12.2. The summed E-state index contributed by atoms with van der Waals surface area (Å²) in [6.45, 7) is 13.7. The van der Waals surface area contributed by atoms with Crippen LogP contribution in [0.4, 0.5) is 17.1 Å². The van der Waals surface area contributed by atoms with Crippen molar-refractivity contribution in [3.63, 3.8) is 0 Å². The fourth-order valence-electron chi connectivity index (χ4n) is 9.36. The first kappa shape index (κ1) is 48.8. The van der Waals surface area contributed by atoms with Gasteiger partial charge in [-0.05, 0) is 56.2 Å². The minimum atomic E-state index is -0.226. The van der Waals surface area contributed by atoms with Crippen LogP contribution >= 0.6 is 34.8 Å². The molecule has 19 heteroatoms. The summed E-state index contributed by atoms with van der Waals surface area (Å²) >= 11 is 18.2. The van der Waals surface area contributed by atoms with Gasteiger partial charge in [-0.3, -0.25) is 19.7 Å². The van der Waals surface area contributed by atoms with E-state index in [1.807, 2.05) is 19.1 Å². The molecule has 3 fully saturated rings. The van der Waals surface area contributed by atoms with Crippen molar-refractivity contribution in [3.05, 3.63) is 68.9 Å². The van der Waals surface area contributed by atoms with Crippen LogP contribution in [0.1, 0.15) is 50.7 Å². The summed E-state index contributed by atoms with van der Waals surface area (Å²) in [4.78, 5) is 65.0. The number of morpholine rings is 3. The van der Waals surface area contributed by atoms with Gasteiger partial charge in [0.2, 0.25) is 0 Å². The number of halogens is 3. The summed E-state index contributed by atoms with van der Waals surface area (Å²) < 4.78 is 22.0. The predicted molar refractivity (Wildman–Crippen MR) is 228 cm³/mol. The van der Waals surface area contributed by atoms with Crippen molar-refractivity contribution in [2.45, 2.75) is 71.0 Å². The highest BCUT2D eigenvalue weighted by Gasteiger charge is 2.46. The molecule has 3 aromatic rings. The van der Waals surface area contributed by atoms with Crippen molar-refractivity contribution in [3.8, 4) is 0 Å². The number of ether oxygens (including phenoxy) is 4. The SMILES string of the molecule is CCC1(CC)Cc2ncc(Cl)cc2N2CCOCC21.CCOC(=O)C1Cc2ncc(Cl)cc2N2CCOCC12.O=C=O.O=C=O.OCC1Cc2ncc(Cl)cc2N2CCOCC12. The fraction of sp³-hybridized carbons (Fsp3) is 0.581. The Morgan fingerprint density at radius 2 is 1.18 bits per heavy atom. The van der Waals surface area contributed by atoms with E-state index in [2.05, 4.69) is 49.6 Å². The van der Waals surface area contributed by atoms with E-state index in [1.165, 1.54) is 11.4 Å². The third kappa shape index (κ3) is 11.3. The van der Waals surface area contributed by atoms with Gasteiger partial charge in [-0.2, -0.15) is 19.2 Å². The van der Waals surface area contributed by atoms with Gasteiger partial charge in [0, 0.05) is 57.2 Å². The Morgan fingerprint density at radius 1 is 0.726 bits per heavy atom. The lowest BCUT2D eigenvalue weighted by molar-refractivity contribution is -0.193. The Labute approximate surface area is 376 Å². The molecule has 0 saturated carbocycles. The molecular formula is C43H53Cl3N6O10. The van der Waals surface area contributed by atoms with Gasteiger partial charge in [0.1, 0.15) is 0 Å². The van der Waals surface area contributed by atoms with E-state index < -0.39 is 0 Å². The zero-order valence-corrected chi connectivity index (χ0v) is 37.4. The average molecular weight is 920 g/mol. The number of nitrogens with zero attached hydrogens (tertiary/aromatic N) is 6. The lowest BCUT2D eigenvalue weighted by Gasteiger charge is -2.52. The van der Waals surface area contributed by atoms with Crippen molar-refractivity contribution >= 4 is 70.1 Å². The van der Waals surface area contributed by atoms with Crippen molar-refractivity contribution in [2.24, 2.45) is 17.3 Å². The minimum Gasteiger partial charge on any atom is -0.466 e. The second kappa shape index (κ2) is 23.5. The van der Waals surface area contributed by atoms with Crippen molar-refractivity contribution in [1.29, 1.82) is 0 Å². The molecule has 5 unspecified atom stereocenters. The standard InChI is InChI=1S/C15H21ClN2O.C14H17ClN2O3.C12H15ClN2O2.2CO2/c1-3-15(4-2)8-12-13(7-11(16)9-17-12)18-5-6-19-10-14(15)18;1-2-20-14(18)10-6-11-12(5-9(15)7-16-11)17-3-4-19-8-13(10)17;13-9-4-11-10(14-5-9)3-8(6-16)12-7-17-2-1-15(11)12;2*2-1-3/h7,9,14H,3-6,8,10H2,1-2H3;5,7,10,13H,2-4,6,8H2,1H3;4-5,8,12,16H,1-3,6-7H2;;. The van der Waals surface area contributed by atoms with E-state index in [-0.39, 0.29) is 54.2 Å². The van der Waals surface area contributed by atoms with Gasteiger partial charge >= 0.3 is 18.3 Å². The molecule has 3 aromatic heterocycles. The number of anilines is 3. The van der Waals surface area contributed by atoms with Crippen LogP contribution in [0.15, 0.2) is 36.8 Å². The van der Waals surface area contributed by atoms with Crippen LogP contribution in [-0.4, -0.2) is 129 Å². The first-order valence-corrected chi connectivity index (χ1v) is 21.9. The van der Waals surface area contributed by atoms with Gasteiger partial charge in [-0.25, -0.2) is 0 Å². The van der Waals surface area contributed by atoms with Crippen LogP contribution in [0.25, 0.3) is 0 Å². The van der Waals surface area contributed by atoms with Gasteiger partial charge in [0.15, 0.2) is 0 Å². The average Bonchev–Trinajstić information content (AvgIpc) is 3.29. The van der Waals surface area contributed by atoms with Gasteiger partial charge in [0.05, 0.1) is 120 Å². The zero-order chi connectivity index (χ0) is 44.8. The highest BCUT2D eigenvalue weighted by Crippen LogP contribution is 2.46. The minimum absolute atomic E-state index is 0.00978. The number of hydrogen-bond donors (Lipinski definition) is 1. The molecule has 1 N–H and O–H groups in total. The number of aromatic nitrogens is 3. The summed E-state index contributed by atoms with van der Waals surface area (Å²) in [6.07, 6.45) is 10.3. The largest absolute Gasteiger partial charge is 0.466 e. The van der Waals surface area contributed by atoms with Crippen LogP contribution in [0.3, 0.4) is 0 Å². The molecular weight excluding hydrogens is 867 g/mol. The molecule has 6 aliphatic rings. The van der Waals surface area contributed by atoms with Crippen LogP contribution in [0, 0.1) is 17.3 Å². The molecule has 6 aliphatic heterocycles. The lowest BCUT2D eigenvalue weighted by atomic mass is 9.68. The number of aliphatic hydroxyl groups is 1. The predicted octanol–water partition coefficient (Wildman–Crippen LogP) is 4.92. The summed E-state index contributed by atoms with van der Waals surface area (Å²) in [6, 6.07) is 6.68. The van der Waals surface area contributed by atoms with Crippen molar-refractivity contribution in [2.75, 3.05) is 87.2 Å². The van der Waals surface area contributed by atoms with E-state index in [1.54, 1.807) is 18.6 Å². The molecule has 9 heterocycles. The smallest absolute Gasteiger partial charge is 0.373 e. The first-order chi connectivity index (χ1) is 30.0. The van der Waals surface area contributed by atoms with Crippen molar-refractivity contribution < 1.29 is 48.0 Å². The highest BCUT2D eigenvalue weighted by molar-refractivity contribution is 6.31. The Kier molecular flexibility index (Phi) is 18.5. The topological polar surface area (TPSA) is 191 Å². The molecule has 0 spiro atoms. The number of fused-ring (bicyclic) bond motifs is 9. The maximum atomic E-state index is 12.2. The second-order valence-corrected chi connectivity index (χ2v) is 16.7. The molecule has 16 nitrogen and oxygen atoms in total. The summed E-state index contributed by atoms with van der Waals surface area (Å²) in [5, 5.41) is 11.5. The zero-order valence-electron chi connectivity index (χ0n) is 35.1. The maximum Gasteiger partial charge on any atom is 0.373 e. The lowest BCUT2D eigenvalue weighted by Crippen LogP contribution is -2.58. The van der Waals surface area contributed by atoms with Gasteiger partial charge in [-0.15, -0.1) is 0 Å². The van der Waals surface area contributed by atoms with Crippen LogP contribution in [0.5, 0.6) is 0 Å². The van der Waals surface area contributed by atoms with E-state index in [0.29, 0.717) is 48.9 Å². The van der Waals surface area contributed by atoms with E-state index >= 15 is 0 Å². The highest BCUT2D eigenvalue weighted by atomic mass is 35.5. The van der Waals surface area contributed by atoms with Gasteiger partial charge < -0.3 is 38.8 Å². The Balaban J connectivity index is 0.000000165. The Bertz CT molecular complexity index is 2020. The van der Waals surface area contributed by atoms with Crippen LogP contribution in [-0.2, 0) is 62.2 Å². The quantitative estimate of drug-likeness (QED) is 0.339. The van der Waals surface area contributed by atoms with Crippen LogP contribution in [0.2, 0.25) is 15.1 Å². The van der Waals surface area contributed by atoms with Crippen LogP contribution < -0.4 is 14.7 Å². The number of esters is 1. The molecule has 0 bridgehead atoms. The van der Waals surface area contributed by atoms with E-state index in [9.17, 15) is 9.90 Å². The molecule has 5 atom stereocenters. The number of aliphatic hydroxyl groups excluding tert-OH is 1. The molecule has 336 valence electrons. The third-order valence-electron chi connectivity index (χ3n) is 12.5. The molecule has 0 radical (unpaired) electrons. The second-order valence-electron chi connectivity index (χ2n) is 15.4. The summed E-state index contributed by atoms with van der Waals surface area (Å²) in [7, 11) is 0. The summed E-state index contributed by atoms with van der Waals surface area (Å²) in [5.41, 5.74) is 6.78. The number of carbonyl (C=O) groups excluding carboxylic acids is 5. The van der Waals surface area contributed by atoms with Crippen molar-refractivity contribution in [1.82, 2.24) is 15.0 Å². The number of carbonyl (C=O) groups is 1. The number of hydrogen-bond acceptors (Lipinski definition) is 16. The molecule has 62 heavy (non-hydrogen) atoms. The van der Waals surface area contributed by atoms with Gasteiger partial charge in [-0.1, -0.05) is 48.7 Å². The molecule has 3 saturated heterocycles. The van der Waals surface area contributed by atoms with E-state index in [4.69, 9.17) is 72.9 Å².